The third-order valence-electron chi connectivity index (χ3n) is 5.61. The van der Waals surface area contributed by atoms with Gasteiger partial charge in [0, 0.05) is 38.3 Å². The first kappa shape index (κ1) is 21.6. The number of rotatable bonds is 7. The van der Waals surface area contributed by atoms with Crippen molar-refractivity contribution in [3.8, 4) is 17.0 Å². The Morgan fingerprint density at radius 3 is 2.44 bits per heavy atom. The zero-order chi connectivity index (χ0) is 22.3. The van der Waals surface area contributed by atoms with Gasteiger partial charge in [-0.2, -0.15) is 5.10 Å². The molecule has 0 spiro atoms. The molecule has 2 aromatic carbocycles. The van der Waals surface area contributed by atoms with Crippen molar-refractivity contribution >= 4 is 11.8 Å². The van der Waals surface area contributed by atoms with Crippen LogP contribution in [0.15, 0.2) is 60.8 Å². The maximum atomic E-state index is 13.1. The van der Waals surface area contributed by atoms with E-state index in [-0.39, 0.29) is 11.8 Å². The van der Waals surface area contributed by atoms with Crippen molar-refractivity contribution in [3.05, 3.63) is 71.9 Å². The van der Waals surface area contributed by atoms with Gasteiger partial charge in [-0.1, -0.05) is 30.3 Å². The molecular weight excluding hydrogens is 406 g/mol. The summed E-state index contributed by atoms with van der Waals surface area (Å²) >= 11 is 0. The number of carbonyl (C=O) groups excluding carboxylic acids is 2. The largest absolute Gasteiger partial charge is 0.497 e. The molecule has 1 fully saturated rings. The van der Waals surface area contributed by atoms with Crippen molar-refractivity contribution in [2.45, 2.75) is 6.54 Å². The first-order chi connectivity index (χ1) is 15.6. The molecule has 32 heavy (non-hydrogen) atoms. The fraction of sp³-hybridized carbons (Fsp3) is 0.292. The van der Waals surface area contributed by atoms with Crippen molar-refractivity contribution in [2.75, 3.05) is 39.8 Å². The minimum Gasteiger partial charge on any atom is -0.497 e. The lowest BCUT2D eigenvalue weighted by atomic mass is 10.1. The Kier molecular flexibility index (Phi) is 6.81. The van der Waals surface area contributed by atoms with E-state index in [1.807, 2.05) is 59.5 Å². The Morgan fingerprint density at radius 1 is 1.03 bits per heavy atom. The number of carbonyl (C=O) groups is 2. The van der Waals surface area contributed by atoms with Gasteiger partial charge in [0.1, 0.15) is 5.75 Å². The molecule has 2 heterocycles. The lowest BCUT2D eigenvalue weighted by molar-refractivity contribution is -0.122. The van der Waals surface area contributed by atoms with Crippen molar-refractivity contribution in [1.82, 2.24) is 25.3 Å². The molecule has 8 nitrogen and oxygen atoms in total. The number of hydrogen-bond acceptors (Lipinski definition) is 5. The molecule has 2 amide bonds. The Bertz CT molecular complexity index is 1040. The van der Waals surface area contributed by atoms with Crippen LogP contribution >= 0.6 is 0 Å². The van der Waals surface area contributed by atoms with Crippen LogP contribution in [0.5, 0.6) is 5.75 Å². The zero-order valence-electron chi connectivity index (χ0n) is 18.1. The highest BCUT2D eigenvalue weighted by Gasteiger charge is 2.26. The predicted octanol–water partition coefficient (Wildman–Crippen LogP) is 2.16. The second-order valence-electron chi connectivity index (χ2n) is 7.72. The lowest BCUT2D eigenvalue weighted by Crippen LogP contribution is -2.51. The molecule has 166 valence electrons. The molecule has 1 aromatic heterocycles. The topological polar surface area (TPSA) is 90.6 Å². The molecule has 0 aliphatic carbocycles. The summed E-state index contributed by atoms with van der Waals surface area (Å²) in [7, 11) is 1.62. The predicted molar refractivity (Wildman–Crippen MR) is 121 cm³/mol. The molecule has 1 aliphatic heterocycles. The van der Waals surface area contributed by atoms with Gasteiger partial charge in [-0.25, -0.2) is 0 Å². The van der Waals surface area contributed by atoms with E-state index in [4.69, 9.17) is 4.74 Å². The van der Waals surface area contributed by atoms with Crippen molar-refractivity contribution in [3.63, 3.8) is 0 Å². The van der Waals surface area contributed by atoms with Gasteiger partial charge in [0.15, 0.2) is 0 Å². The van der Waals surface area contributed by atoms with Crippen LogP contribution in [-0.2, 0) is 11.3 Å². The monoisotopic (exact) mass is 433 g/mol. The van der Waals surface area contributed by atoms with Crippen LogP contribution in [-0.4, -0.2) is 71.6 Å². The summed E-state index contributed by atoms with van der Waals surface area (Å²) in [5.41, 5.74) is 3.19. The number of benzene rings is 2. The van der Waals surface area contributed by atoms with Crippen LogP contribution in [0.4, 0.5) is 0 Å². The highest BCUT2D eigenvalue weighted by Crippen LogP contribution is 2.25. The average molecular weight is 434 g/mol. The number of aromatic nitrogens is 2. The number of nitrogens with zero attached hydrogens (tertiary/aromatic N) is 3. The minimum absolute atomic E-state index is 0.00902. The van der Waals surface area contributed by atoms with Crippen molar-refractivity contribution < 1.29 is 14.3 Å². The number of methoxy groups -OCH3 is 1. The summed E-state index contributed by atoms with van der Waals surface area (Å²) in [4.78, 5) is 29.3. The first-order valence-corrected chi connectivity index (χ1v) is 10.6. The maximum absolute atomic E-state index is 13.1. The molecule has 0 radical (unpaired) electrons. The van der Waals surface area contributed by atoms with Gasteiger partial charge in [0.25, 0.3) is 5.91 Å². The average Bonchev–Trinajstić information content (AvgIpc) is 3.33. The number of hydrogen-bond donors (Lipinski definition) is 2. The van der Waals surface area contributed by atoms with Gasteiger partial charge < -0.3 is 15.0 Å². The summed E-state index contributed by atoms with van der Waals surface area (Å²) in [5, 5.41) is 9.98. The smallest absolute Gasteiger partial charge is 0.257 e. The second kappa shape index (κ2) is 10.1. The fourth-order valence-corrected chi connectivity index (χ4v) is 3.76. The van der Waals surface area contributed by atoms with Crippen LogP contribution in [0.2, 0.25) is 0 Å². The Hall–Kier alpha value is -3.65. The van der Waals surface area contributed by atoms with Gasteiger partial charge in [0.05, 0.1) is 31.1 Å². The number of nitrogens with one attached hydrogen (secondary N) is 2. The molecular formula is C24H27N5O3. The summed E-state index contributed by atoms with van der Waals surface area (Å²) < 4.78 is 5.20. The number of ether oxygens (including phenoxy) is 1. The molecule has 1 saturated heterocycles. The van der Waals surface area contributed by atoms with E-state index in [2.05, 4.69) is 20.4 Å². The van der Waals surface area contributed by atoms with Crippen molar-refractivity contribution in [2.24, 2.45) is 0 Å². The molecule has 0 bridgehead atoms. The van der Waals surface area contributed by atoms with Gasteiger partial charge in [-0.05, 0) is 29.8 Å². The number of piperazine rings is 1. The molecule has 1 aliphatic rings. The van der Waals surface area contributed by atoms with E-state index in [1.165, 1.54) is 0 Å². The number of aromatic amines is 1. The quantitative estimate of drug-likeness (QED) is 0.596. The van der Waals surface area contributed by atoms with Crippen LogP contribution in [0.1, 0.15) is 15.9 Å². The van der Waals surface area contributed by atoms with Crippen LogP contribution in [0.25, 0.3) is 11.3 Å². The first-order valence-electron chi connectivity index (χ1n) is 10.6. The zero-order valence-corrected chi connectivity index (χ0v) is 18.1. The summed E-state index contributed by atoms with van der Waals surface area (Å²) in [6, 6.07) is 17.3. The van der Waals surface area contributed by atoms with Crippen LogP contribution < -0.4 is 10.1 Å². The van der Waals surface area contributed by atoms with Gasteiger partial charge in [-0.15, -0.1) is 0 Å². The normalized spacial score (nSPS) is 14.2. The molecule has 8 heteroatoms. The third kappa shape index (κ3) is 5.15. The van der Waals surface area contributed by atoms with Crippen LogP contribution in [0, 0.1) is 0 Å². The van der Waals surface area contributed by atoms with E-state index in [9.17, 15) is 9.59 Å². The van der Waals surface area contributed by atoms with Crippen molar-refractivity contribution in [1.29, 1.82) is 0 Å². The van der Waals surface area contributed by atoms with E-state index < -0.39 is 0 Å². The maximum Gasteiger partial charge on any atom is 0.257 e. The molecule has 2 N–H and O–H groups in total. The van der Waals surface area contributed by atoms with E-state index in [0.717, 1.165) is 16.9 Å². The Balaban J connectivity index is 1.29. The summed E-state index contributed by atoms with van der Waals surface area (Å²) in [6.45, 7) is 3.29. The highest BCUT2D eigenvalue weighted by atomic mass is 16.5. The fourth-order valence-electron chi connectivity index (χ4n) is 3.76. The standard InChI is InChI=1S/C24H27N5O3/c1-32-20-9-7-19(8-10-20)23-21(16-26-27-23)24(31)29-13-11-28(12-14-29)17-22(30)25-15-18-5-3-2-4-6-18/h2-10,16H,11-15,17H2,1H3,(H,25,30)(H,26,27). The van der Waals surface area contributed by atoms with Gasteiger partial charge in [0.2, 0.25) is 5.91 Å². The molecule has 4 rings (SSSR count). The third-order valence-corrected chi connectivity index (χ3v) is 5.61. The summed E-state index contributed by atoms with van der Waals surface area (Å²) in [6.07, 6.45) is 1.57. The molecule has 0 unspecified atom stereocenters. The summed E-state index contributed by atoms with van der Waals surface area (Å²) in [5.74, 6) is 0.688. The Morgan fingerprint density at radius 2 is 1.75 bits per heavy atom. The van der Waals surface area contributed by atoms with Gasteiger partial charge >= 0.3 is 0 Å². The number of amides is 2. The lowest BCUT2D eigenvalue weighted by Gasteiger charge is -2.34. The van der Waals surface area contributed by atoms with Crippen LogP contribution in [0.3, 0.4) is 0 Å². The SMILES string of the molecule is COc1ccc(-c2[nH]ncc2C(=O)N2CCN(CC(=O)NCc3ccccc3)CC2)cc1. The molecule has 0 atom stereocenters. The second-order valence-corrected chi connectivity index (χ2v) is 7.72. The molecule has 0 saturated carbocycles. The van der Waals surface area contributed by atoms with E-state index in [1.54, 1.807) is 13.3 Å². The Labute approximate surface area is 187 Å². The highest BCUT2D eigenvalue weighted by molar-refractivity contribution is 5.99. The van der Waals surface area contributed by atoms with E-state index >= 15 is 0 Å². The minimum atomic E-state index is -0.0576. The van der Waals surface area contributed by atoms with Gasteiger partial charge in [-0.3, -0.25) is 19.6 Å². The number of H-pyrrole nitrogens is 1. The van der Waals surface area contributed by atoms with E-state index in [0.29, 0.717) is 50.5 Å². The molecule has 3 aromatic rings.